The maximum atomic E-state index is 5.91. The lowest BCUT2D eigenvalue weighted by Gasteiger charge is -2.36. The number of fused-ring (bicyclic) bond motifs is 3. The number of aryl methyl sites for hydroxylation is 2. The van der Waals surface area contributed by atoms with Crippen LogP contribution in [0.25, 0.3) is 11.1 Å². The molecular weight excluding hydrogens is 468 g/mol. The van der Waals surface area contributed by atoms with Gasteiger partial charge >= 0.3 is 0 Å². The van der Waals surface area contributed by atoms with Gasteiger partial charge in [-0.2, -0.15) is 25.3 Å². The molecule has 178 valence electrons. The van der Waals surface area contributed by atoms with Gasteiger partial charge in [0, 0.05) is 11.5 Å². The van der Waals surface area contributed by atoms with Gasteiger partial charge in [-0.15, -0.1) is 0 Å². The Morgan fingerprint density at radius 2 is 1.00 bits per heavy atom. The molecule has 0 aromatic heterocycles. The highest BCUT2D eigenvalue weighted by Gasteiger charge is 2.47. The topological polar surface area (TPSA) is 18.5 Å². The van der Waals surface area contributed by atoms with Crippen LogP contribution in [0.15, 0.2) is 84.9 Å². The van der Waals surface area contributed by atoms with E-state index in [2.05, 4.69) is 124 Å². The molecule has 35 heavy (non-hydrogen) atoms. The molecule has 4 aromatic carbocycles. The Morgan fingerprint density at radius 1 is 0.571 bits per heavy atom. The predicted octanol–water partition coefficient (Wildman–Crippen LogP) is 7.28. The highest BCUT2D eigenvalue weighted by atomic mass is 32.1. The normalized spacial score (nSPS) is 13.3. The summed E-state index contributed by atoms with van der Waals surface area (Å²) in [5, 5.41) is 0. The summed E-state index contributed by atoms with van der Waals surface area (Å²) in [5.74, 6) is 3.13. The summed E-state index contributed by atoms with van der Waals surface area (Å²) in [5.41, 5.74) is 9.67. The molecule has 0 radical (unpaired) electrons. The second kappa shape index (κ2) is 10.0. The maximum absolute atomic E-state index is 5.91. The van der Waals surface area contributed by atoms with Crippen molar-refractivity contribution in [3.8, 4) is 22.6 Å². The van der Waals surface area contributed by atoms with E-state index in [1.807, 2.05) is 0 Å². The van der Waals surface area contributed by atoms with E-state index in [0.29, 0.717) is 24.7 Å². The van der Waals surface area contributed by atoms with Gasteiger partial charge in [0.25, 0.3) is 0 Å². The van der Waals surface area contributed by atoms with Gasteiger partial charge in [0.2, 0.25) is 0 Å². The summed E-state index contributed by atoms with van der Waals surface area (Å²) in [7, 11) is 0. The first-order chi connectivity index (χ1) is 17.1. The second-order valence-corrected chi connectivity index (χ2v) is 9.83. The molecule has 0 unspecified atom stereocenters. The van der Waals surface area contributed by atoms with Crippen molar-refractivity contribution in [1.82, 2.24) is 0 Å². The van der Waals surface area contributed by atoms with Crippen molar-refractivity contribution < 1.29 is 9.47 Å². The summed E-state index contributed by atoms with van der Waals surface area (Å²) in [6.45, 7) is 5.55. The summed E-state index contributed by atoms with van der Waals surface area (Å²) in [6.07, 6.45) is 0. The van der Waals surface area contributed by atoms with Crippen molar-refractivity contribution in [2.24, 2.45) is 0 Å². The molecule has 0 bridgehead atoms. The third-order valence-electron chi connectivity index (χ3n) is 6.88. The fourth-order valence-electron chi connectivity index (χ4n) is 5.58. The van der Waals surface area contributed by atoms with Gasteiger partial charge in [-0.1, -0.05) is 60.7 Å². The molecule has 0 fully saturated rings. The molecule has 2 nitrogen and oxygen atoms in total. The Balaban J connectivity index is 1.80. The Hall–Kier alpha value is -2.82. The van der Waals surface area contributed by atoms with Gasteiger partial charge in [0.1, 0.15) is 11.5 Å². The van der Waals surface area contributed by atoms with Crippen molar-refractivity contribution in [2.75, 3.05) is 24.7 Å². The molecule has 4 aromatic rings. The van der Waals surface area contributed by atoms with Gasteiger partial charge in [-0.3, -0.25) is 0 Å². The van der Waals surface area contributed by atoms with Crippen LogP contribution in [0.2, 0.25) is 0 Å². The van der Waals surface area contributed by atoms with Gasteiger partial charge in [0.05, 0.1) is 18.6 Å². The zero-order chi connectivity index (χ0) is 24.4. The molecule has 0 aliphatic heterocycles. The third kappa shape index (κ3) is 4.03. The predicted molar refractivity (Wildman–Crippen MR) is 152 cm³/mol. The molecule has 0 atom stereocenters. The first-order valence-corrected chi connectivity index (χ1v) is 13.3. The summed E-state index contributed by atoms with van der Waals surface area (Å²) in [4.78, 5) is 0. The van der Waals surface area contributed by atoms with Gasteiger partial charge in [-0.25, -0.2) is 0 Å². The zero-order valence-corrected chi connectivity index (χ0v) is 21.9. The van der Waals surface area contributed by atoms with Crippen LogP contribution < -0.4 is 9.47 Å². The van der Waals surface area contributed by atoms with Crippen LogP contribution in [0.4, 0.5) is 0 Å². The van der Waals surface area contributed by atoms with E-state index in [4.69, 9.17) is 9.47 Å². The van der Waals surface area contributed by atoms with Crippen molar-refractivity contribution in [1.29, 1.82) is 0 Å². The van der Waals surface area contributed by atoms with Crippen LogP contribution in [0.5, 0.6) is 11.5 Å². The Kier molecular flexibility index (Phi) is 6.86. The average molecular weight is 499 g/mol. The lowest BCUT2D eigenvalue weighted by molar-refractivity contribution is 0.344. The van der Waals surface area contributed by atoms with E-state index < -0.39 is 5.41 Å². The largest absolute Gasteiger partial charge is 0.493 e. The number of benzene rings is 4. The maximum Gasteiger partial charge on any atom is 0.119 e. The molecular formula is C31H30O2S2. The van der Waals surface area contributed by atoms with Crippen LogP contribution in [0.1, 0.15) is 33.4 Å². The van der Waals surface area contributed by atoms with E-state index in [0.717, 1.165) is 11.5 Å². The van der Waals surface area contributed by atoms with Crippen LogP contribution in [-0.4, -0.2) is 24.7 Å². The highest BCUT2D eigenvalue weighted by molar-refractivity contribution is 7.80. The fraction of sp³-hybridized carbons (Fsp3) is 0.226. The summed E-state index contributed by atoms with van der Waals surface area (Å²) >= 11 is 8.59. The van der Waals surface area contributed by atoms with E-state index >= 15 is 0 Å². The highest BCUT2D eigenvalue weighted by Crippen LogP contribution is 2.57. The molecule has 1 aliphatic rings. The number of hydrogen-bond donors (Lipinski definition) is 2. The molecule has 0 amide bonds. The Morgan fingerprint density at radius 3 is 1.40 bits per heavy atom. The minimum Gasteiger partial charge on any atom is -0.493 e. The number of ether oxygens (including phenoxy) is 2. The summed E-state index contributed by atoms with van der Waals surface area (Å²) < 4.78 is 11.8. The van der Waals surface area contributed by atoms with E-state index in [1.54, 1.807) is 0 Å². The number of hydrogen-bond acceptors (Lipinski definition) is 4. The molecule has 0 N–H and O–H groups in total. The number of rotatable bonds is 8. The van der Waals surface area contributed by atoms with Crippen LogP contribution >= 0.6 is 25.3 Å². The Bertz CT molecular complexity index is 1260. The van der Waals surface area contributed by atoms with Crippen LogP contribution in [0.3, 0.4) is 0 Å². The second-order valence-electron chi connectivity index (χ2n) is 8.94. The molecule has 0 saturated heterocycles. The van der Waals surface area contributed by atoms with Crippen molar-refractivity contribution >= 4 is 25.3 Å². The van der Waals surface area contributed by atoms with Crippen molar-refractivity contribution in [2.45, 2.75) is 19.3 Å². The average Bonchev–Trinajstić information content (AvgIpc) is 3.17. The van der Waals surface area contributed by atoms with E-state index in [1.165, 1.54) is 44.5 Å². The lowest BCUT2D eigenvalue weighted by Crippen LogP contribution is -2.30. The van der Waals surface area contributed by atoms with Crippen molar-refractivity contribution in [3.63, 3.8) is 0 Å². The standard InChI is InChI=1S/C31H30O2S2/c1-21-19-23(32-15-17-34)11-13-27(21)31(28-14-12-24(20-22(28)2)33-16-18-35)29-9-5-3-7-25(29)26-8-4-6-10-30(26)31/h3-14,19-20,34-35H,15-18H2,1-2H3. The van der Waals surface area contributed by atoms with Gasteiger partial charge in [0.15, 0.2) is 0 Å². The first-order valence-electron chi connectivity index (χ1n) is 12.0. The minimum absolute atomic E-state index is 0.439. The molecule has 0 saturated carbocycles. The monoisotopic (exact) mass is 498 g/mol. The fourth-order valence-corrected chi connectivity index (χ4v) is 5.76. The first kappa shape index (κ1) is 23.9. The summed E-state index contributed by atoms with van der Waals surface area (Å²) in [6, 6.07) is 30.6. The van der Waals surface area contributed by atoms with E-state index in [-0.39, 0.29) is 0 Å². The molecule has 1 aliphatic carbocycles. The molecule has 0 heterocycles. The molecule has 5 rings (SSSR count). The van der Waals surface area contributed by atoms with E-state index in [9.17, 15) is 0 Å². The smallest absolute Gasteiger partial charge is 0.119 e. The number of thiol groups is 2. The van der Waals surface area contributed by atoms with Gasteiger partial charge < -0.3 is 9.47 Å². The Labute approximate surface area is 219 Å². The van der Waals surface area contributed by atoms with Crippen molar-refractivity contribution in [3.05, 3.63) is 118 Å². The van der Waals surface area contributed by atoms with Crippen LogP contribution in [-0.2, 0) is 5.41 Å². The van der Waals surface area contributed by atoms with Crippen LogP contribution in [0, 0.1) is 13.8 Å². The zero-order valence-electron chi connectivity index (χ0n) is 20.1. The third-order valence-corrected chi connectivity index (χ3v) is 7.24. The molecule has 4 heteroatoms. The lowest BCUT2D eigenvalue weighted by atomic mass is 9.65. The minimum atomic E-state index is -0.439. The quantitative estimate of drug-likeness (QED) is 0.219. The van der Waals surface area contributed by atoms with Gasteiger partial charge in [-0.05, 0) is 82.6 Å². The SMILES string of the molecule is Cc1cc(OCCS)ccc1C1(c2ccc(OCCS)cc2C)c2ccccc2-c2ccccc21. The molecule has 0 spiro atoms.